The van der Waals surface area contributed by atoms with Crippen molar-refractivity contribution in [3.05, 3.63) is 6.20 Å². The van der Waals surface area contributed by atoms with Gasteiger partial charge < -0.3 is 5.73 Å². The number of hydrogen-bond donors (Lipinski definition) is 2. The highest BCUT2D eigenvalue weighted by Gasteiger charge is 2.42. The second-order valence-corrected chi connectivity index (χ2v) is 7.02. The van der Waals surface area contributed by atoms with Gasteiger partial charge in [-0.15, -0.1) is 0 Å². The van der Waals surface area contributed by atoms with Crippen molar-refractivity contribution in [1.82, 2.24) is 14.5 Å². The zero-order chi connectivity index (χ0) is 12.8. The SMILES string of the molecule is Nc1[nH]ncc1S(=O)(=O)N1CCCC2CCCC21. The van der Waals surface area contributed by atoms with Gasteiger partial charge in [-0.25, -0.2) is 8.42 Å². The van der Waals surface area contributed by atoms with Crippen molar-refractivity contribution in [3.8, 4) is 0 Å². The molecule has 1 saturated carbocycles. The lowest BCUT2D eigenvalue weighted by Gasteiger charge is -2.36. The molecule has 1 saturated heterocycles. The number of fused-ring (bicyclic) bond motifs is 1. The minimum absolute atomic E-state index is 0.120. The number of piperidine rings is 1. The smallest absolute Gasteiger partial charge is 0.248 e. The fourth-order valence-electron chi connectivity index (χ4n) is 3.32. The molecule has 2 heterocycles. The third-order valence-corrected chi connectivity index (χ3v) is 6.11. The van der Waals surface area contributed by atoms with E-state index in [-0.39, 0.29) is 16.8 Å². The van der Waals surface area contributed by atoms with Gasteiger partial charge >= 0.3 is 0 Å². The van der Waals surface area contributed by atoms with Gasteiger partial charge in [0.05, 0.1) is 6.20 Å². The van der Waals surface area contributed by atoms with E-state index in [1.54, 1.807) is 4.31 Å². The van der Waals surface area contributed by atoms with Crippen LogP contribution in [-0.2, 0) is 10.0 Å². The molecule has 0 amide bonds. The lowest BCUT2D eigenvalue weighted by Crippen LogP contribution is -2.46. The molecule has 1 aromatic rings. The Morgan fingerprint density at radius 1 is 1.33 bits per heavy atom. The largest absolute Gasteiger partial charge is 0.383 e. The molecule has 2 atom stereocenters. The molecule has 1 aromatic heterocycles. The third-order valence-electron chi connectivity index (χ3n) is 4.16. The zero-order valence-corrected chi connectivity index (χ0v) is 11.0. The first-order chi connectivity index (χ1) is 8.60. The molecule has 1 aliphatic heterocycles. The first-order valence-corrected chi connectivity index (χ1v) is 7.85. The lowest BCUT2D eigenvalue weighted by atomic mass is 9.94. The molecule has 1 aliphatic carbocycles. The zero-order valence-electron chi connectivity index (χ0n) is 10.2. The quantitative estimate of drug-likeness (QED) is 0.836. The predicted octanol–water partition coefficient (Wildman–Crippen LogP) is 0.945. The molecule has 3 rings (SSSR count). The van der Waals surface area contributed by atoms with Gasteiger partial charge in [-0.05, 0) is 31.6 Å². The Bertz CT molecular complexity index is 539. The Labute approximate surface area is 107 Å². The van der Waals surface area contributed by atoms with Crippen molar-refractivity contribution in [2.24, 2.45) is 5.92 Å². The van der Waals surface area contributed by atoms with Crippen LogP contribution in [0.15, 0.2) is 11.1 Å². The van der Waals surface area contributed by atoms with Gasteiger partial charge in [0.15, 0.2) is 0 Å². The van der Waals surface area contributed by atoms with Gasteiger partial charge in [0.1, 0.15) is 10.7 Å². The number of H-pyrrole nitrogens is 1. The molecule has 2 aliphatic rings. The molecule has 0 radical (unpaired) electrons. The number of hydrogen-bond acceptors (Lipinski definition) is 4. The molecular formula is C11H18N4O2S. The molecule has 18 heavy (non-hydrogen) atoms. The van der Waals surface area contributed by atoms with Crippen molar-refractivity contribution in [2.75, 3.05) is 12.3 Å². The van der Waals surface area contributed by atoms with E-state index in [1.165, 1.54) is 6.20 Å². The number of nitrogens with zero attached hydrogens (tertiary/aromatic N) is 2. The highest BCUT2D eigenvalue weighted by molar-refractivity contribution is 7.89. The number of nitrogens with two attached hydrogens (primary N) is 1. The van der Waals surface area contributed by atoms with Crippen LogP contribution in [0.4, 0.5) is 5.82 Å². The standard InChI is InChI=1S/C11H18N4O2S/c12-11-10(7-13-14-11)18(16,17)15-6-2-4-8-3-1-5-9(8)15/h7-9H,1-6H2,(H3,12,13,14). The first kappa shape index (κ1) is 12.0. The highest BCUT2D eigenvalue weighted by atomic mass is 32.2. The van der Waals surface area contributed by atoms with Crippen LogP contribution in [0.2, 0.25) is 0 Å². The molecule has 100 valence electrons. The molecule has 6 nitrogen and oxygen atoms in total. The molecule has 3 N–H and O–H groups in total. The summed E-state index contributed by atoms with van der Waals surface area (Å²) < 4.78 is 26.8. The van der Waals surface area contributed by atoms with Crippen LogP contribution in [-0.4, -0.2) is 35.5 Å². The molecule has 2 unspecified atom stereocenters. The van der Waals surface area contributed by atoms with Crippen LogP contribution in [0.1, 0.15) is 32.1 Å². The van der Waals surface area contributed by atoms with E-state index in [0.29, 0.717) is 12.5 Å². The summed E-state index contributed by atoms with van der Waals surface area (Å²) in [5.41, 5.74) is 5.65. The van der Waals surface area contributed by atoms with Crippen LogP contribution in [0.25, 0.3) is 0 Å². The molecule has 2 fully saturated rings. The van der Waals surface area contributed by atoms with E-state index in [1.807, 2.05) is 0 Å². The van der Waals surface area contributed by atoms with Crippen molar-refractivity contribution >= 4 is 15.8 Å². The highest BCUT2D eigenvalue weighted by Crippen LogP contribution is 2.39. The maximum Gasteiger partial charge on any atom is 0.248 e. The third kappa shape index (κ3) is 1.73. The fraction of sp³-hybridized carbons (Fsp3) is 0.727. The Morgan fingerprint density at radius 2 is 2.11 bits per heavy atom. The molecule has 0 aromatic carbocycles. The number of nitrogen functional groups attached to an aromatic ring is 1. The molecular weight excluding hydrogens is 252 g/mol. The van der Waals surface area contributed by atoms with Crippen LogP contribution in [0.5, 0.6) is 0 Å². The normalized spacial score (nSPS) is 29.3. The van der Waals surface area contributed by atoms with Gasteiger partial charge in [0.25, 0.3) is 0 Å². The van der Waals surface area contributed by atoms with E-state index in [2.05, 4.69) is 10.2 Å². The van der Waals surface area contributed by atoms with Crippen molar-refractivity contribution in [1.29, 1.82) is 0 Å². The summed E-state index contributed by atoms with van der Waals surface area (Å²) in [4.78, 5) is 0.120. The maximum atomic E-state index is 12.6. The van der Waals surface area contributed by atoms with Crippen LogP contribution >= 0.6 is 0 Å². The number of rotatable bonds is 2. The van der Waals surface area contributed by atoms with E-state index in [4.69, 9.17) is 5.73 Å². The van der Waals surface area contributed by atoms with E-state index < -0.39 is 10.0 Å². The van der Waals surface area contributed by atoms with Crippen LogP contribution in [0, 0.1) is 5.92 Å². The monoisotopic (exact) mass is 270 g/mol. The maximum absolute atomic E-state index is 12.6. The summed E-state index contributed by atoms with van der Waals surface area (Å²) in [5, 5.41) is 6.21. The number of nitrogens with one attached hydrogen (secondary N) is 1. The Morgan fingerprint density at radius 3 is 2.83 bits per heavy atom. The average Bonchev–Trinajstić information content (AvgIpc) is 2.96. The molecule has 7 heteroatoms. The van der Waals surface area contributed by atoms with Gasteiger partial charge in [0, 0.05) is 12.6 Å². The topological polar surface area (TPSA) is 92.1 Å². The van der Waals surface area contributed by atoms with Crippen molar-refractivity contribution in [2.45, 2.75) is 43.0 Å². The van der Waals surface area contributed by atoms with Crippen molar-refractivity contribution < 1.29 is 8.42 Å². The second-order valence-electron chi connectivity index (χ2n) is 5.16. The Balaban J connectivity index is 1.96. The predicted molar refractivity (Wildman–Crippen MR) is 67.3 cm³/mol. The Hall–Kier alpha value is -1.08. The number of aromatic nitrogens is 2. The summed E-state index contributed by atoms with van der Waals surface area (Å²) in [6, 6.07) is 0.165. The van der Waals surface area contributed by atoms with E-state index >= 15 is 0 Å². The number of aromatic amines is 1. The van der Waals surface area contributed by atoms with Gasteiger partial charge in [-0.2, -0.15) is 9.40 Å². The second kappa shape index (κ2) is 4.24. The Kier molecular flexibility index (Phi) is 2.82. The first-order valence-electron chi connectivity index (χ1n) is 6.41. The van der Waals surface area contributed by atoms with E-state index in [9.17, 15) is 8.42 Å². The van der Waals surface area contributed by atoms with E-state index in [0.717, 1.165) is 32.1 Å². The van der Waals surface area contributed by atoms with Gasteiger partial charge in [-0.1, -0.05) is 6.42 Å². The van der Waals surface area contributed by atoms with Crippen LogP contribution < -0.4 is 5.73 Å². The summed E-state index contributed by atoms with van der Waals surface area (Å²) in [5.74, 6) is 0.664. The fourth-order valence-corrected chi connectivity index (χ4v) is 5.09. The summed E-state index contributed by atoms with van der Waals surface area (Å²) in [6.45, 7) is 0.605. The minimum Gasteiger partial charge on any atom is -0.383 e. The summed E-state index contributed by atoms with van der Waals surface area (Å²) >= 11 is 0. The lowest BCUT2D eigenvalue weighted by molar-refractivity contribution is 0.202. The van der Waals surface area contributed by atoms with Crippen LogP contribution in [0.3, 0.4) is 0 Å². The van der Waals surface area contributed by atoms with Gasteiger partial charge in [0.2, 0.25) is 10.0 Å². The van der Waals surface area contributed by atoms with Gasteiger partial charge in [-0.3, -0.25) is 5.10 Å². The summed E-state index contributed by atoms with van der Waals surface area (Å²) in [7, 11) is -3.49. The summed E-state index contributed by atoms with van der Waals surface area (Å²) in [6.07, 6.45) is 6.65. The average molecular weight is 270 g/mol. The number of sulfonamides is 1. The minimum atomic E-state index is -3.49. The molecule has 0 bridgehead atoms. The van der Waals surface area contributed by atoms with Crippen molar-refractivity contribution in [3.63, 3.8) is 0 Å². The molecule has 0 spiro atoms. The number of anilines is 1.